The van der Waals surface area contributed by atoms with Crippen molar-refractivity contribution in [3.8, 4) is 22.6 Å². The molecule has 5 rings (SSSR count). The highest BCUT2D eigenvalue weighted by Gasteiger charge is 2.34. The van der Waals surface area contributed by atoms with Crippen LogP contribution < -0.4 is 9.47 Å². The van der Waals surface area contributed by atoms with Gasteiger partial charge in [-0.3, -0.25) is 4.79 Å². The van der Waals surface area contributed by atoms with Crippen LogP contribution in [0.5, 0.6) is 11.5 Å². The van der Waals surface area contributed by atoms with Crippen LogP contribution in [0, 0.1) is 11.6 Å². The molecule has 0 bridgehead atoms. The Labute approximate surface area is 200 Å². The first-order valence-electron chi connectivity index (χ1n) is 11.4. The second kappa shape index (κ2) is 9.37. The molecule has 1 atom stereocenters. The van der Waals surface area contributed by atoms with Crippen molar-refractivity contribution < 1.29 is 33.0 Å². The first-order valence-corrected chi connectivity index (χ1v) is 11.4. The van der Waals surface area contributed by atoms with Gasteiger partial charge in [-0.05, 0) is 54.3 Å². The second-order valence-corrected chi connectivity index (χ2v) is 8.63. The lowest BCUT2D eigenvalue weighted by Gasteiger charge is -2.21. The SMILES string of the molecule is O=C(O)[C@@H]1CCCN1C(=O)c1cccc(COc2ccc(-c3cc(F)c(F)c4c3OCC4)cc2)c1. The number of carbonyl (C=O) groups is 2. The molecule has 6 nitrogen and oxygen atoms in total. The standard InChI is InChI=1S/C27H23F2NO5/c28-22-14-21(25-20(24(22)29)10-12-34-25)17-6-8-19(9-7-17)35-15-16-3-1-4-18(13-16)26(31)30-11-2-5-23(30)27(32)33/h1,3-4,6-9,13-14,23H,2,5,10-12,15H2,(H,32,33)/t23-/m0/s1. The third-order valence-corrected chi connectivity index (χ3v) is 6.41. The Morgan fingerprint density at radius 3 is 2.69 bits per heavy atom. The molecular weight excluding hydrogens is 456 g/mol. The number of ether oxygens (including phenoxy) is 2. The Hall–Kier alpha value is -3.94. The Morgan fingerprint density at radius 1 is 1.11 bits per heavy atom. The first kappa shape index (κ1) is 22.8. The van der Waals surface area contributed by atoms with Gasteiger partial charge >= 0.3 is 5.97 Å². The van der Waals surface area contributed by atoms with Gasteiger partial charge in [-0.2, -0.15) is 0 Å². The lowest BCUT2D eigenvalue weighted by molar-refractivity contribution is -0.141. The minimum absolute atomic E-state index is 0.201. The molecule has 2 heterocycles. The van der Waals surface area contributed by atoms with Crippen LogP contribution in [0.15, 0.2) is 54.6 Å². The van der Waals surface area contributed by atoms with Crippen LogP contribution in [0.3, 0.4) is 0 Å². The van der Waals surface area contributed by atoms with Crippen LogP contribution >= 0.6 is 0 Å². The van der Waals surface area contributed by atoms with Crippen LogP contribution in [0.2, 0.25) is 0 Å². The number of fused-ring (bicyclic) bond motifs is 1. The molecule has 1 N–H and O–H groups in total. The summed E-state index contributed by atoms with van der Waals surface area (Å²) in [7, 11) is 0. The second-order valence-electron chi connectivity index (χ2n) is 8.63. The smallest absolute Gasteiger partial charge is 0.326 e. The molecule has 180 valence electrons. The van der Waals surface area contributed by atoms with Crippen LogP contribution in [-0.2, 0) is 17.8 Å². The van der Waals surface area contributed by atoms with Crippen molar-refractivity contribution in [2.24, 2.45) is 0 Å². The molecule has 1 saturated heterocycles. The van der Waals surface area contributed by atoms with Crippen molar-refractivity contribution in [3.63, 3.8) is 0 Å². The number of halogens is 2. The van der Waals surface area contributed by atoms with Crippen LogP contribution in [0.4, 0.5) is 8.78 Å². The molecule has 8 heteroatoms. The number of hydrogen-bond donors (Lipinski definition) is 1. The molecule has 35 heavy (non-hydrogen) atoms. The highest BCUT2D eigenvalue weighted by molar-refractivity contribution is 5.97. The van der Waals surface area contributed by atoms with Crippen molar-refractivity contribution >= 4 is 11.9 Å². The Morgan fingerprint density at radius 2 is 1.91 bits per heavy atom. The van der Waals surface area contributed by atoms with E-state index in [0.29, 0.717) is 60.6 Å². The normalized spacial score (nSPS) is 16.6. The maximum Gasteiger partial charge on any atom is 0.326 e. The van der Waals surface area contributed by atoms with Crippen molar-refractivity contribution in [1.29, 1.82) is 0 Å². The summed E-state index contributed by atoms with van der Waals surface area (Å²) in [6.45, 7) is 0.946. The minimum Gasteiger partial charge on any atom is -0.492 e. The summed E-state index contributed by atoms with van der Waals surface area (Å²) in [4.78, 5) is 25.7. The van der Waals surface area contributed by atoms with Crippen LogP contribution in [0.25, 0.3) is 11.1 Å². The van der Waals surface area contributed by atoms with E-state index in [-0.39, 0.29) is 18.1 Å². The highest BCUT2D eigenvalue weighted by Crippen LogP contribution is 2.40. The molecule has 0 saturated carbocycles. The fraction of sp³-hybridized carbons (Fsp3) is 0.259. The van der Waals surface area contributed by atoms with Gasteiger partial charge in [-0.25, -0.2) is 13.6 Å². The quantitative estimate of drug-likeness (QED) is 0.548. The first-order chi connectivity index (χ1) is 16.9. The Bertz CT molecular complexity index is 1290. The number of rotatable bonds is 6. The Balaban J connectivity index is 1.28. The summed E-state index contributed by atoms with van der Waals surface area (Å²) >= 11 is 0. The average molecular weight is 479 g/mol. The maximum absolute atomic E-state index is 14.0. The van der Waals surface area contributed by atoms with Gasteiger partial charge in [0.05, 0.1) is 6.61 Å². The highest BCUT2D eigenvalue weighted by atomic mass is 19.2. The average Bonchev–Trinajstić information content (AvgIpc) is 3.56. The van der Waals surface area contributed by atoms with Crippen molar-refractivity contribution in [2.75, 3.05) is 13.2 Å². The number of carboxylic acid groups (broad SMARTS) is 1. The van der Waals surface area contributed by atoms with E-state index < -0.39 is 23.6 Å². The molecule has 0 aromatic heterocycles. The molecule has 0 unspecified atom stereocenters. The third-order valence-electron chi connectivity index (χ3n) is 6.41. The summed E-state index contributed by atoms with van der Waals surface area (Å²) in [5.74, 6) is -2.10. The van der Waals surface area contributed by atoms with E-state index >= 15 is 0 Å². The van der Waals surface area contributed by atoms with Crippen LogP contribution in [0.1, 0.15) is 34.3 Å². The van der Waals surface area contributed by atoms with Gasteiger partial charge in [0.15, 0.2) is 11.6 Å². The number of hydrogen-bond acceptors (Lipinski definition) is 4. The molecule has 2 aliphatic rings. The predicted molar refractivity (Wildman–Crippen MR) is 123 cm³/mol. The molecule has 2 aliphatic heterocycles. The summed E-state index contributed by atoms with van der Waals surface area (Å²) < 4.78 is 39.5. The molecule has 1 amide bonds. The molecule has 0 spiro atoms. The monoisotopic (exact) mass is 479 g/mol. The number of aliphatic carboxylic acids is 1. The minimum atomic E-state index is -0.987. The van der Waals surface area contributed by atoms with Gasteiger partial charge in [-0.15, -0.1) is 0 Å². The summed E-state index contributed by atoms with van der Waals surface area (Å²) in [5, 5.41) is 9.35. The van der Waals surface area contributed by atoms with E-state index in [2.05, 4.69) is 0 Å². The fourth-order valence-electron chi connectivity index (χ4n) is 4.64. The van der Waals surface area contributed by atoms with Gasteiger partial charge in [0, 0.05) is 29.7 Å². The van der Waals surface area contributed by atoms with Crippen molar-refractivity contribution in [3.05, 3.63) is 82.9 Å². The predicted octanol–water partition coefficient (Wildman–Crippen LogP) is 4.83. The van der Waals surface area contributed by atoms with Gasteiger partial charge in [0.1, 0.15) is 24.1 Å². The molecule has 3 aromatic rings. The molecular formula is C27H23F2NO5. The number of carbonyl (C=O) groups excluding carboxylic acids is 1. The zero-order chi connectivity index (χ0) is 24.5. The molecule has 1 fully saturated rings. The van der Waals surface area contributed by atoms with Crippen molar-refractivity contribution in [1.82, 2.24) is 4.90 Å². The zero-order valence-electron chi connectivity index (χ0n) is 18.8. The summed E-state index contributed by atoms with van der Waals surface area (Å²) in [5.41, 5.74) is 2.62. The number of likely N-dealkylation sites (tertiary alicyclic amines) is 1. The lowest BCUT2D eigenvalue weighted by Crippen LogP contribution is -2.40. The van der Waals surface area contributed by atoms with Crippen molar-refractivity contribution in [2.45, 2.75) is 31.9 Å². The third kappa shape index (κ3) is 4.43. The maximum atomic E-state index is 14.0. The Kier molecular flexibility index (Phi) is 6.11. The van der Waals surface area contributed by atoms with Gasteiger partial charge in [-0.1, -0.05) is 24.3 Å². The fourth-order valence-corrected chi connectivity index (χ4v) is 4.64. The number of nitrogens with zero attached hydrogens (tertiary/aromatic N) is 1. The number of carboxylic acids is 1. The van der Waals surface area contributed by atoms with E-state index in [0.717, 1.165) is 11.6 Å². The van der Waals surface area contributed by atoms with E-state index in [1.165, 1.54) is 4.90 Å². The van der Waals surface area contributed by atoms with E-state index in [1.807, 2.05) is 6.07 Å². The molecule has 0 aliphatic carbocycles. The van der Waals surface area contributed by atoms with E-state index in [9.17, 15) is 23.5 Å². The number of benzene rings is 3. The van der Waals surface area contributed by atoms with Crippen LogP contribution in [-0.4, -0.2) is 41.1 Å². The zero-order valence-corrected chi connectivity index (χ0v) is 18.8. The summed E-state index contributed by atoms with van der Waals surface area (Å²) in [6.07, 6.45) is 1.46. The molecule has 3 aromatic carbocycles. The summed E-state index contributed by atoms with van der Waals surface area (Å²) in [6, 6.07) is 14.3. The van der Waals surface area contributed by atoms with Gasteiger partial charge in [0.25, 0.3) is 5.91 Å². The molecule has 0 radical (unpaired) electrons. The van der Waals surface area contributed by atoms with E-state index in [4.69, 9.17) is 9.47 Å². The largest absolute Gasteiger partial charge is 0.492 e. The van der Waals surface area contributed by atoms with Gasteiger partial charge < -0.3 is 19.5 Å². The van der Waals surface area contributed by atoms with Gasteiger partial charge in [0.2, 0.25) is 0 Å². The van der Waals surface area contributed by atoms with E-state index in [1.54, 1.807) is 42.5 Å². The number of amides is 1. The topological polar surface area (TPSA) is 76.1 Å². The lowest BCUT2D eigenvalue weighted by atomic mass is 10.0.